The predicted molar refractivity (Wildman–Crippen MR) is 129 cm³/mol. The number of carbonyl (C=O) groups excluding carboxylic acids is 1. The number of methoxy groups -OCH3 is 2. The number of sulfonamides is 1. The van der Waals surface area contributed by atoms with Crippen LogP contribution < -0.4 is 14.8 Å². The zero-order valence-electron chi connectivity index (χ0n) is 19.4. The van der Waals surface area contributed by atoms with Gasteiger partial charge in [-0.2, -0.15) is 5.10 Å². The number of para-hydroxylation sites is 1. The Morgan fingerprint density at radius 2 is 1.82 bits per heavy atom. The van der Waals surface area contributed by atoms with Crippen LogP contribution in [0.5, 0.6) is 11.5 Å². The Hall–Kier alpha value is -3.37. The van der Waals surface area contributed by atoms with E-state index in [0.717, 1.165) is 5.69 Å². The zero-order valence-corrected chi connectivity index (χ0v) is 20.2. The standard InChI is InChI=1S/C24H28N4O5S/c1-32-21-12-11-17(14-22(21)33-2)23-20(16-28(26-23)19-9-5-4-6-10-19)24(29)25-18-8-7-13-27(15-18)34(3,30)31/h4-6,9-12,14,16,18H,7-8,13,15H2,1-3H3,(H,25,29). The first-order valence-corrected chi connectivity index (χ1v) is 12.8. The largest absolute Gasteiger partial charge is 0.493 e. The highest BCUT2D eigenvalue weighted by atomic mass is 32.2. The van der Waals surface area contributed by atoms with Crippen molar-refractivity contribution in [2.75, 3.05) is 33.6 Å². The molecule has 1 atom stereocenters. The van der Waals surface area contributed by atoms with Crippen molar-refractivity contribution < 1.29 is 22.7 Å². The van der Waals surface area contributed by atoms with Crippen molar-refractivity contribution in [3.05, 3.63) is 60.3 Å². The van der Waals surface area contributed by atoms with Crippen molar-refractivity contribution in [3.63, 3.8) is 0 Å². The average Bonchev–Trinajstić information content (AvgIpc) is 3.29. The van der Waals surface area contributed by atoms with Crippen LogP contribution in [0.25, 0.3) is 16.9 Å². The molecule has 1 unspecified atom stereocenters. The number of benzene rings is 2. The Labute approximate surface area is 199 Å². The summed E-state index contributed by atoms with van der Waals surface area (Å²) in [6.45, 7) is 0.719. The normalized spacial score (nSPS) is 16.7. The first-order chi connectivity index (χ1) is 16.3. The van der Waals surface area contributed by atoms with Gasteiger partial charge in [-0.3, -0.25) is 4.79 Å². The second-order valence-electron chi connectivity index (χ2n) is 8.17. The van der Waals surface area contributed by atoms with Gasteiger partial charge in [0.1, 0.15) is 5.69 Å². The van der Waals surface area contributed by atoms with E-state index in [1.165, 1.54) is 10.6 Å². The van der Waals surface area contributed by atoms with Crippen LogP contribution in [0.1, 0.15) is 23.2 Å². The van der Waals surface area contributed by atoms with Crippen molar-refractivity contribution >= 4 is 15.9 Å². The Kier molecular flexibility index (Phi) is 6.90. The molecule has 1 aliphatic rings. The molecule has 4 rings (SSSR count). The SMILES string of the molecule is COc1ccc(-c2nn(-c3ccccc3)cc2C(=O)NC2CCCN(S(C)(=O)=O)C2)cc1OC. The first-order valence-electron chi connectivity index (χ1n) is 10.9. The lowest BCUT2D eigenvalue weighted by molar-refractivity contribution is 0.0922. The lowest BCUT2D eigenvalue weighted by Gasteiger charge is -2.31. The number of nitrogens with one attached hydrogen (secondary N) is 1. The third kappa shape index (κ3) is 5.07. The zero-order chi connectivity index (χ0) is 24.3. The molecule has 1 saturated heterocycles. The fourth-order valence-corrected chi connectivity index (χ4v) is 4.99. The highest BCUT2D eigenvalue weighted by molar-refractivity contribution is 7.88. The highest BCUT2D eigenvalue weighted by Crippen LogP contribution is 2.33. The third-order valence-corrected chi connectivity index (χ3v) is 7.09. The topological polar surface area (TPSA) is 103 Å². The summed E-state index contributed by atoms with van der Waals surface area (Å²) in [6.07, 6.45) is 4.27. The molecule has 1 aromatic heterocycles. The summed E-state index contributed by atoms with van der Waals surface area (Å²) < 4.78 is 37.8. The van der Waals surface area contributed by atoms with E-state index < -0.39 is 10.0 Å². The van der Waals surface area contributed by atoms with Crippen molar-refractivity contribution in [2.45, 2.75) is 18.9 Å². The Balaban J connectivity index is 1.69. The molecule has 0 bridgehead atoms. The van der Waals surface area contributed by atoms with Gasteiger partial charge in [0.2, 0.25) is 10.0 Å². The minimum absolute atomic E-state index is 0.253. The Morgan fingerprint density at radius 1 is 1.09 bits per heavy atom. The van der Waals surface area contributed by atoms with Crippen LogP contribution >= 0.6 is 0 Å². The van der Waals surface area contributed by atoms with Gasteiger partial charge in [-0.25, -0.2) is 17.4 Å². The van der Waals surface area contributed by atoms with Gasteiger partial charge in [0.25, 0.3) is 5.91 Å². The van der Waals surface area contributed by atoms with Crippen molar-refractivity contribution in [2.24, 2.45) is 0 Å². The highest BCUT2D eigenvalue weighted by Gasteiger charge is 2.28. The molecule has 2 heterocycles. The lowest BCUT2D eigenvalue weighted by atomic mass is 10.0. The molecular weight excluding hydrogens is 456 g/mol. The number of nitrogens with zero attached hydrogens (tertiary/aromatic N) is 3. The maximum Gasteiger partial charge on any atom is 0.255 e. The number of aromatic nitrogens is 2. The maximum atomic E-state index is 13.4. The van der Waals surface area contributed by atoms with Gasteiger partial charge in [0, 0.05) is 30.9 Å². The first kappa shape index (κ1) is 23.8. The van der Waals surface area contributed by atoms with E-state index in [1.54, 1.807) is 37.2 Å². The number of rotatable bonds is 7. The molecule has 0 radical (unpaired) electrons. The summed E-state index contributed by atoms with van der Waals surface area (Å²) in [5, 5.41) is 7.71. The minimum Gasteiger partial charge on any atom is -0.493 e. The molecule has 180 valence electrons. The van der Waals surface area contributed by atoms with Gasteiger partial charge in [0.05, 0.1) is 31.7 Å². The van der Waals surface area contributed by atoms with E-state index in [4.69, 9.17) is 14.6 Å². The monoisotopic (exact) mass is 484 g/mol. The summed E-state index contributed by atoms with van der Waals surface area (Å²) >= 11 is 0. The molecule has 1 amide bonds. The predicted octanol–water partition coefficient (Wildman–Crippen LogP) is 2.71. The third-order valence-electron chi connectivity index (χ3n) is 5.82. The van der Waals surface area contributed by atoms with Crippen LogP contribution in [0.2, 0.25) is 0 Å². The van der Waals surface area contributed by atoms with Gasteiger partial charge in [-0.05, 0) is 43.2 Å². The van der Waals surface area contributed by atoms with Crippen LogP contribution in [0.3, 0.4) is 0 Å². The molecule has 10 heteroatoms. The van der Waals surface area contributed by atoms with Crippen molar-refractivity contribution in [1.82, 2.24) is 19.4 Å². The van der Waals surface area contributed by atoms with Crippen LogP contribution in [0.15, 0.2) is 54.7 Å². The van der Waals surface area contributed by atoms with Gasteiger partial charge in [0.15, 0.2) is 11.5 Å². The second kappa shape index (κ2) is 9.86. The molecule has 9 nitrogen and oxygen atoms in total. The number of hydrogen-bond acceptors (Lipinski definition) is 6. The summed E-state index contributed by atoms with van der Waals surface area (Å²) in [5.41, 5.74) is 2.37. The lowest BCUT2D eigenvalue weighted by Crippen LogP contribution is -2.49. The van der Waals surface area contributed by atoms with Crippen LogP contribution in [0.4, 0.5) is 0 Å². The number of carbonyl (C=O) groups is 1. The quantitative estimate of drug-likeness (QED) is 0.553. The number of amides is 1. The summed E-state index contributed by atoms with van der Waals surface area (Å²) in [4.78, 5) is 13.4. The summed E-state index contributed by atoms with van der Waals surface area (Å²) in [6, 6.07) is 14.6. The van der Waals surface area contributed by atoms with Gasteiger partial charge in [-0.1, -0.05) is 18.2 Å². The van der Waals surface area contributed by atoms with E-state index in [2.05, 4.69) is 5.32 Å². The molecule has 1 aliphatic heterocycles. The molecule has 0 spiro atoms. The van der Waals surface area contributed by atoms with Gasteiger partial charge >= 0.3 is 0 Å². The Morgan fingerprint density at radius 3 is 2.50 bits per heavy atom. The van der Waals surface area contributed by atoms with Crippen LogP contribution in [-0.2, 0) is 10.0 Å². The van der Waals surface area contributed by atoms with Crippen LogP contribution in [0, 0.1) is 0 Å². The van der Waals surface area contributed by atoms with Gasteiger partial charge in [-0.15, -0.1) is 0 Å². The molecule has 0 saturated carbocycles. The van der Waals surface area contributed by atoms with E-state index in [1.807, 2.05) is 36.4 Å². The minimum atomic E-state index is -3.32. The second-order valence-corrected chi connectivity index (χ2v) is 10.2. The number of hydrogen-bond donors (Lipinski definition) is 1. The molecule has 3 aromatic rings. The molecule has 0 aliphatic carbocycles. The summed E-state index contributed by atoms with van der Waals surface area (Å²) in [5.74, 6) is 0.784. The molecular formula is C24H28N4O5S. The van der Waals surface area contributed by atoms with Crippen molar-refractivity contribution in [1.29, 1.82) is 0 Å². The fourth-order valence-electron chi connectivity index (χ4n) is 4.07. The van der Waals surface area contributed by atoms with Gasteiger partial charge < -0.3 is 14.8 Å². The van der Waals surface area contributed by atoms with Crippen molar-refractivity contribution in [3.8, 4) is 28.4 Å². The maximum absolute atomic E-state index is 13.4. The smallest absolute Gasteiger partial charge is 0.255 e. The Bertz CT molecular complexity index is 1270. The molecule has 1 N–H and O–H groups in total. The fraction of sp³-hybridized carbons (Fsp3) is 0.333. The van der Waals surface area contributed by atoms with E-state index >= 15 is 0 Å². The molecule has 34 heavy (non-hydrogen) atoms. The van der Waals surface area contributed by atoms with Crippen LogP contribution in [-0.4, -0.2) is 68.0 Å². The number of piperidine rings is 1. The van der Waals surface area contributed by atoms with E-state index in [9.17, 15) is 13.2 Å². The van der Waals surface area contributed by atoms with E-state index in [0.29, 0.717) is 47.7 Å². The van der Waals surface area contributed by atoms with E-state index in [-0.39, 0.29) is 18.5 Å². The number of ether oxygens (including phenoxy) is 2. The summed E-state index contributed by atoms with van der Waals surface area (Å²) in [7, 11) is -0.207. The molecule has 1 fully saturated rings. The average molecular weight is 485 g/mol. The molecule has 2 aromatic carbocycles.